The third-order valence-corrected chi connectivity index (χ3v) is 6.09. The number of aryl methyl sites for hydroxylation is 2. The standard InChI is InChI=1S/C25H27F3N2O3S/c1-16-13-20(9-10-21(16)33-15-22(31)32)34-12-11-17-14-30(29-23(17)24(2,3)4)19-7-5-18(6-8-19)25(26,27)28/h5-10,13-14H,11-12,15H2,1-4H3,(H,31,32). The quantitative estimate of drug-likeness (QED) is 0.374. The van der Waals surface area contributed by atoms with Gasteiger partial charge in [-0.15, -0.1) is 11.8 Å². The molecule has 0 amide bonds. The summed E-state index contributed by atoms with van der Waals surface area (Å²) in [4.78, 5) is 11.7. The molecule has 0 aliphatic carbocycles. The van der Waals surface area contributed by atoms with Crippen LogP contribution < -0.4 is 4.74 Å². The first kappa shape index (κ1) is 25.7. The van der Waals surface area contributed by atoms with Gasteiger partial charge >= 0.3 is 12.1 Å². The van der Waals surface area contributed by atoms with Crippen LogP contribution in [0.3, 0.4) is 0 Å². The molecular formula is C25H27F3N2O3S. The fourth-order valence-corrected chi connectivity index (χ4v) is 4.43. The van der Waals surface area contributed by atoms with Gasteiger partial charge in [0.15, 0.2) is 6.61 Å². The highest BCUT2D eigenvalue weighted by molar-refractivity contribution is 7.99. The molecule has 5 nitrogen and oxygen atoms in total. The number of nitrogens with zero attached hydrogens (tertiary/aromatic N) is 2. The summed E-state index contributed by atoms with van der Waals surface area (Å²) in [5.41, 5.74) is 2.46. The molecule has 3 aromatic rings. The van der Waals surface area contributed by atoms with Gasteiger partial charge in [-0.1, -0.05) is 20.8 Å². The van der Waals surface area contributed by atoms with E-state index in [2.05, 4.69) is 20.8 Å². The Morgan fingerprint density at radius 2 is 1.79 bits per heavy atom. The van der Waals surface area contributed by atoms with Crippen molar-refractivity contribution >= 4 is 17.7 Å². The summed E-state index contributed by atoms with van der Waals surface area (Å²) in [5, 5.41) is 13.5. The van der Waals surface area contributed by atoms with Crippen molar-refractivity contribution in [3.8, 4) is 11.4 Å². The summed E-state index contributed by atoms with van der Waals surface area (Å²) < 4.78 is 45.6. The third kappa shape index (κ3) is 6.56. The van der Waals surface area contributed by atoms with Gasteiger partial charge in [0.25, 0.3) is 0 Å². The Balaban J connectivity index is 1.72. The van der Waals surface area contributed by atoms with Crippen LogP contribution >= 0.6 is 11.8 Å². The Hall–Kier alpha value is -2.94. The van der Waals surface area contributed by atoms with Crippen molar-refractivity contribution in [1.82, 2.24) is 9.78 Å². The summed E-state index contributed by atoms with van der Waals surface area (Å²) in [6, 6.07) is 10.6. The van der Waals surface area contributed by atoms with E-state index < -0.39 is 17.7 Å². The predicted molar refractivity (Wildman–Crippen MR) is 126 cm³/mol. The number of aliphatic carboxylic acids is 1. The van der Waals surface area contributed by atoms with Crippen LogP contribution in [-0.2, 0) is 22.8 Å². The van der Waals surface area contributed by atoms with Crippen molar-refractivity contribution < 1.29 is 27.8 Å². The maximum atomic E-state index is 12.9. The highest BCUT2D eigenvalue weighted by Crippen LogP contribution is 2.31. The lowest BCUT2D eigenvalue weighted by Crippen LogP contribution is -2.15. The molecule has 1 heterocycles. The van der Waals surface area contributed by atoms with Crippen molar-refractivity contribution in [1.29, 1.82) is 0 Å². The van der Waals surface area contributed by atoms with Crippen molar-refractivity contribution in [2.45, 2.75) is 50.6 Å². The lowest BCUT2D eigenvalue weighted by atomic mass is 9.89. The maximum Gasteiger partial charge on any atom is 0.416 e. The number of carboxylic acid groups (broad SMARTS) is 1. The number of rotatable bonds is 8. The van der Waals surface area contributed by atoms with E-state index >= 15 is 0 Å². The molecule has 0 saturated heterocycles. The molecular weight excluding hydrogens is 465 g/mol. The van der Waals surface area contributed by atoms with Crippen LogP contribution in [-0.4, -0.2) is 33.2 Å². The lowest BCUT2D eigenvalue weighted by molar-refractivity contribution is -0.139. The number of hydrogen-bond donors (Lipinski definition) is 1. The Kier molecular flexibility index (Phi) is 7.65. The molecule has 0 aliphatic rings. The number of alkyl halides is 3. The summed E-state index contributed by atoms with van der Waals surface area (Å²) in [5.74, 6) is 0.292. The largest absolute Gasteiger partial charge is 0.482 e. The van der Waals surface area contributed by atoms with Gasteiger partial charge in [-0.05, 0) is 66.9 Å². The van der Waals surface area contributed by atoms with Gasteiger partial charge in [-0.3, -0.25) is 0 Å². The first-order chi connectivity index (χ1) is 15.8. The second-order valence-corrected chi connectivity index (χ2v) is 10.1. The average molecular weight is 493 g/mol. The smallest absolute Gasteiger partial charge is 0.416 e. The Labute approximate surface area is 200 Å². The normalized spacial score (nSPS) is 12.1. The Morgan fingerprint density at radius 1 is 1.12 bits per heavy atom. The van der Waals surface area contributed by atoms with Crippen LogP contribution in [0.2, 0.25) is 0 Å². The Morgan fingerprint density at radius 3 is 2.35 bits per heavy atom. The molecule has 0 fully saturated rings. The zero-order valence-corrected chi connectivity index (χ0v) is 20.3. The van der Waals surface area contributed by atoms with Crippen molar-refractivity contribution in [2.24, 2.45) is 0 Å². The molecule has 3 rings (SSSR count). The first-order valence-electron chi connectivity index (χ1n) is 10.7. The number of hydrogen-bond acceptors (Lipinski definition) is 4. The number of benzene rings is 2. The third-order valence-electron chi connectivity index (χ3n) is 5.10. The number of thioether (sulfide) groups is 1. The van der Waals surface area contributed by atoms with E-state index in [0.717, 1.165) is 46.0 Å². The van der Waals surface area contributed by atoms with Crippen molar-refractivity contribution in [2.75, 3.05) is 12.4 Å². The van der Waals surface area contributed by atoms with Crippen LogP contribution in [0, 0.1) is 6.92 Å². The average Bonchev–Trinajstić information content (AvgIpc) is 3.17. The topological polar surface area (TPSA) is 64.4 Å². The molecule has 9 heteroatoms. The van der Waals surface area contributed by atoms with E-state index in [0.29, 0.717) is 11.4 Å². The van der Waals surface area contributed by atoms with Gasteiger partial charge in [-0.25, -0.2) is 9.48 Å². The minimum absolute atomic E-state index is 0.225. The SMILES string of the molecule is Cc1cc(SCCc2cn(-c3ccc(C(F)(F)F)cc3)nc2C(C)(C)C)ccc1OCC(=O)O. The predicted octanol–water partition coefficient (Wildman–Crippen LogP) is 6.30. The summed E-state index contributed by atoms with van der Waals surface area (Å²) in [6.07, 6.45) is -1.76. The molecule has 0 atom stereocenters. The molecule has 0 unspecified atom stereocenters. The molecule has 0 spiro atoms. The zero-order valence-electron chi connectivity index (χ0n) is 19.4. The first-order valence-corrected chi connectivity index (χ1v) is 11.7. The van der Waals surface area contributed by atoms with Crippen LogP contribution in [0.15, 0.2) is 53.6 Å². The molecule has 0 aliphatic heterocycles. The summed E-state index contributed by atoms with van der Waals surface area (Å²) >= 11 is 1.66. The maximum absolute atomic E-state index is 12.9. The second kappa shape index (κ2) is 10.1. The second-order valence-electron chi connectivity index (χ2n) is 8.95. The molecule has 2 aromatic carbocycles. The van der Waals surface area contributed by atoms with Crippen LogP contribution in [0.5, 0.6) is 5.75 Å². The molecule has 0 bridgehead atoms. The molecule has 1 aromatic heterocycles. The van der Waals surface area contributed by atoms with E-state index in [1.807, 2.05) is 25.3 Å². The highest BCUT2D eigenvalue weighted by Gasteiger charge is 2.30. The minimum Gasteiger partial charge on any atom is -0.482 e. The van der Waals surface area contributed by atoms with E-state index in [-0.39, 0.29) is 12.0 Å². The Bertz CT molecular complexity index is 1150. The number of halogens is 3. The van der Waals surface area contributed by atoms with E-state index in [1.165, 1.54) is 12.1 Å². The monoisotopic (exact) mass is 492 g/mol. The molecule has 34 heavy (non-hydrogen) atoms. The highest BCUT2D eigenvalue weighted by atomic mass is 32.2. The lowest BCUT2D eigenvalue weighted by Gasteiger charge is -2.17. The van der Waals surface area contributed by atoms with Gasteiger partial charge in [0.2, 0.25) is 0 Å². The van der Waals surface area contributed by atoms with Crippen molar-refractivity contribution in [3.63, 3.8) is 0 Å². The molecule has 0 radical (unpaired) electrons. The van der Waals surface area contributed by atoms with Gasteiger partial charge in [-0.2, -0.15) is 18.3 Å². The van der Waals surface area contributed by atoms with E-state index in [4.69, 9.17) is 14.9 Å². The van der Waals surface area contributed by atoms with E-state index in [1.54, 1.807) is 22.5 Å². The van der Waals surface area contributed by atoms with Gasteiger partial charge in [0.1, 0.15) is 5.75 Å². The number of ether oxygens (including phenoxy) is 1. The van der Waals surface area contributed by atoms with E-state index in [9.17, 15) is 18.0 Å². The van der Waals surface area contributed by atoms with Gasteiger partial charge < -0.3 is 9.84 Å². The minimum atomic E-state index is -4.37. The van der Waals surface area contributed by atoms with Crippen LogP contribution in [0.25, 0.3) is 5.69 Å². The number of carbonyl (C=O) groups is 1. The molecule has 0 saturated carbocycles. The van der Waals surface area contributed by atoms with Crippen LogP contribution in [0.4, 0.5) is 13.2 Å². The molecule has 1 N–H and O–H groups in total. The fraction of sp³-hybridized carbons (Fsp3) is 0.360. The van der Waals surface area contributed by atoms with Crippen LogP contribution in [0.1, 0.15) is 43.2 Å². The van der Waals surface area contributed by atoms with Crippen molar-refractivity contribution in [3.05, 3.63) is 71.0 Å². The zero-order chi connectivity index (χ0) is 25.1. The van der Waals surface area contributed by atoms with Gasteiger partial charge in [0, 0.05) is 22.3 Å². The number of carboxylic acids is 1. The molecule has 182 valence electrons. The number of aromatic nitrogens is 2. The summed E-state index contributed by atoms with van der Waals surface area (Å²) in [7, 11) is 0. The fourth-order valence-electron chi connectivity index (χ4n) is 3.45. The summed E-state index contributed by atoms with van der Waals surface area (Å²) in [6.45, 7) is 7.66. The van der Waals surface area contributed by atoms with Gasteiger partial charge in [0.05, 0.1) is 16.9 Å².